The third kappa shape index (κ3) is 2.74. The lowest BCUT2D eigenvalue weighted by molar-refractivity contribution is 0.247. The summed E-state index contributed by atoms with van der Waals surface area (Å²) in [6, 6.07) is 4.71. The molecule has 4 heteroatoms. The average molecular weight is 284 g/mol. The van der Waals surface area contributed by atoms with Gasteiger partial charge in [-0.1, -0.05) is 0 Å². The molecule has 1 aliphatic heterocycles. The van der Waals surface area contributed by atoms with Gasteiger partial charge in [0.2, 0.25) is 0 Å². The standard InChI is InChI=1S/C12H18BrN3/c1-15-7-3-4-11(9-15)16(2)12-6-5-10(13)8-14-12/h5-6,8,11H,3-4,7,9H2,1-2H3. The highest BCUT2D eigenvalue weighted by atomic mass is 79.9. The minimum absolute atomic E-state index is 0.590. The maximum atomic E-state index is 4.44. The molecule has 2 heterocycles. The SMILES string of the molecule is CN1CCCC(N(C)c2ccc(Br)cn2)C1. The maximum absolute atomic E-state index is 4.44. The maximum Gasteiger partial charge on any atom is 0.128 e. The lowest BCUT2D eigenvalue weighted by Crippen LogP contribution is -2.45. The van der Waals surface area contributed by atoms with Gasteiger partial charge in [-0.2, -0.15) is 0 Å². The number of likely N-dealkylation sites (tertiary alicyclic amines) is 1. The van der Waals surface area contributed by atoms with Crippen LogP contribution in [0.4, 0.5) is 5.82 Å². The number of anilines is 1. The van der Waals surface area contributed by atoms with Crippen molar-refractivity contribution in [1.29, 1.82) is 0 Å². The molecule has 88 valence electrons. The van der Waals surface area contributed by atoms with Gasteiger partial charge in [0.15, 0.2) is 0 Å². The number of hydrogen-bond acceptors (Lipinski definition) is 3. The Morgan fingerprint density at radius 1 is 1.50 bits per heavy atom. The van der Waals surface area contributed by atoms with Gasteiger partial charge in [-0.05, 0) is 54.5 Å². The molecule has 0 aliphatic carbocycles. The Kier molecular flexibility index (Phi) is 3.82. The summed E-state index contributed by atoms with van der Waals surface area (Å²) < 4.78 is 1.03. The van der Waals surface area contributed by atoms with Crippen molar-refractivity contribution >= 4 is 21.7 Å². The summed E-state index contributed by atoms with van der Waals surface area (Å²) in [7, 11) is 4.33. The molecule has 0 radical (unpaired) electrons. The van der Waals surface area contributed by atoms with Crippen LogP contribution in [0.5, 0.6) is 0 Å². The zero-order valence-electron chi connectivity index (χ0n) is 9.86. The molecule has 1 atom stereocenters. The van der Waals surface area contributed by atoms with Crippen LogP contribution in [0.1, 0.15) is 12.8 Å². The van der Waals surface area contributed by atoms with Gasteiger partial charge in [-0.25, -0.2) is 4.98 Å². The normalized spacial score (nSPS) is 22.1. The Morgan fingerprint density at radius 2 is 2.31 bits per heavy atom. The number of likely N-dealkylation sites (N-methyl/N-ethyl adjacent to an activating group) is 2. The van der Waals surface area contributed by atoms with Crippen LogP contribution in [0, 0.1) is 0 Å². The highest BCUT2D eigenvalue weighted by molar-refractivity contribution is 9.10. The van der Waals surface area contributed by atoms with Crippen molar-refractivity contribution in [1.82, 2.24) is 9.88 Å². The van der Waals surface area contributed by atoms with Crippen LogP contribution < -0.4 is 4.90 Å². The fraction of sp³-hybridized carbons (Fsp3) is 0.583. The number of nitrogens with zero attached hydrogens (tertiary/aromatic N) is 3. The summed E-state index contributed by atoms with van der Waals surface area (Å²) in [4.78, 5) is 9.13. The average Bonchev–Trinajstić information content (AvgIpc) is 2.29. The molecule has 0 amide bonds. The van der Waals surface area contributed by atoms with Gasteiger partial charge in [0.1, 0.15) is 5.82 Å². The van der Waals surface area contributed by atoms with E-state index in [2.05, 4.69) is 50.9 Å². The van der Waals surface area contributed by atoms with Crippen LogP contribution in [-0.2, 0) is 0 Å². The fourth-order valence-electron chi connectivity index (χ4n) is 2.22. The molecule has 3 nitrogen and oxygen atoms in total. The molecule has 0 aromatic carbocycles. The van der Waals surface area contributed by atoms with E-state index < -0.39 is 0 Å². The van der Waals surface area contributed by atoms with Gasteiger partial charge in [-0.15, -0.1) is 0 Å². The first-order chi connectivity index (χ1) is 7.66. The van der Waals surface area contributed by atoms with E-state index in [0.717, 1.165) is 16.8 Å². The highest BCUT2D eigenvalue weighted by Crippen LogP contribution is 2.20. The molecule has 0 N–H and O–H groups in total. The van der Waals surface area contributed by atoms with E-state index in [-0.39, 0.29) is 0 Å². The van der Waals surface area contributed by atoms with Crippen molar-refractivity contribution in [2.24, 2.45) is 0 Å². The van der Waals surface area contributed by atoms with Crippen LogP contribution in [0.15, 0.2) is 22.8 Å². The Morgan fingerprint density at radius 3 is 2.94 bits per heavy atom. The molecular formula is C12H18BrN3. The topological polar surface area (TPSA) is 19.4 Å². The minimum Gasteiger partial charge on any atom is -0.355 e. The van der Waals surface area contributed by atoms with E-state index in [1.165, 1.54) is 19.4 Å². The van der Waals surface area contributed by atoms with Crippen molar-refractivity contribution in [2.75, 3.05) is 32.1 Å². The molecule has 2 rings (SSSR count). The zero-order chi connectivity index (χ0) is 11.5. The molecule has 1 aromatic rings. The van der Waals surface area contributed by atoms with Gasteiger partial charge in [0, 0.05) is 30.3 Å². The monoisotopic (exact) mass is 283 g/mol. The van der Waals surface area contributed by atoms with E-state index >= 15 is 0 Å². The second-order valence-electron chi connectivity index (χ2n) is 4.50. The predicted octanol–water partition coefficient (Wildman–Crippen LogP) is 2.37. The lowest BCUT2D eigenvalue weighted by atomic mass is 10.1. The van der Waals surface area contributed by atoms with Crippen LogP contribution in [0.2, 0.25) is 0 Å². The summed E-state index contributed by atoms with van der Waals surface area (Å²) in [5.41, 5.74) is 0. The quantitative estimate of drug-likeness (QED) is 0.831. The molecule has 1 fully saturated rings. The van der Waals surface area contributed by atoms with Gasteiger partial charge in [0.25, 0.3) is 0 Å². The van der Waals surface area contributed by atoms with E-state index in [0.29, 0.717) is 6.04 Å². The van der Waals surface area contributed by atoms with Crippen molar-refractivity contribution in [3.05, 3.63) is 22.8 Å². The third-order valence-electron chi connectivity index (χ3n) is 3.22. The molecule has 1 unspecified atom stereocenters. The molecule has 1 aliphatic rings. The Hall–Kier alpha value is -0.610. The first-order valence-electron chi connectivity index (χ1n) is 5.70. The second-order valence-corrected chi connectivity index (χ2v) is 5.42. The number of hydrogen-bond donors (Lipinski definition) is 0. The number of piperidine rings is 1. The summed E-state index contributed by atoms with van der Waals surface area (Å²) in [6.07, 6.45) is 4.40. The molecule has 1 aromatic heterocycles. The van der Waals surface area contributed by atoms with Gasteiger partial charge in [-0.3, -0.25) is 0 Å². The summed E-state index contributed by atoms with van der Waals surface area (Å²) in [6.45, 7) is 2.35. The minimum atomic E-state index is 0.590. The van der Waals surface area contributed by atoms with Crippen LogP contribution in [-0.4, -0.2) is 43.1 Å². The number of rotatable bonds is 2. The molecule has 1 saturated heterocycles. The zero-order valence-corrected chi connectivity index (χ0v) is 11.4. The molecular weight excluding hydrogens is 266 g/mol. The van der Waals surface area contributed by atoms with Crippen molar-refractivity contribution in [3.63, 3.8) is 0 Å². The van der Waals surface area contributed by atoms with Crippen molar-refractivity contribution in [3.8, 4) is 0 Å². The van der Waals surface area contributed by atoms with Gasteiger partial charge in [0.05, 0.1) is 0 Å². The van der Waals surface area contributed by atoms with E-state index in [4.69, 9.17) is 0 Å². The van der Waals surface area contributed by atoms with Crippen LogP contribution in [0.3, 0.4) is 0 Å². The van der Waals surface area contributed by atoms with E-state index in [1.54, 1.807) is 0 Å². The van der Waals surface area contributed by atoms with E-state index in [1.807, 2.05) is 12.3 Å². The number of aromatic nitrogens is 1. The number of pyridine rings is 1. The number of halogens is 1. The summed E-state index contributed by atoms with van der Waals surface area (Å²) in [5, 5.41) is 0. The largest absolute Gasteiger partial charge is 0.355 e. The van der Waals surface area contributed by atoms with Crippen molar-refractivity contribution in [2.45, 2.75) is 18.9 Å². The van der Waals surface area contributed by atoms with Crippen molar-refractivity contribution < 1.29 is 0 Å². The smallest absolute Gasteiger partial charge is 0.128 e. The molecule has 16 heavy (non-hydrogen) atoms. The lowest BCUT2D eigenvalue weighted by Gasteiger charge is -2.36. The van der Waals surface area contributed by atoms with Gasteiger partial charge < -0.3 is 9.80 Å². The Balaban J connectivity index is 2.06. The van der Waals surface area contributed by atoms with Crippen LogP contribution in [0.25, 0.3) is 0 Å². The molecule has 0 saturated carbocycles. The molecule has 0 spiro atoms. The summed E-state index contributed by atoms with van der Waals surface area (Å²) in [5.74, 6) is 1.06. The fourth-order valence-corrected chi connectivity index (χ4v) is 2.45. The Bertz CT molecular complexity index is 339. The Labute approximate surface area is 106 Å². The third-order valence-corrected chi connectivity index (χ3v) is 3.69. The molecule has 0 bridgehead atoms. The van der Waals surface area contributed by atoms with E-state index in [9.17, 15) is 0 Å². The second kappa shape index (κ2) is 5.15. The van der Waals surface area contributed by atoms with Crippen LogP contribution >= 0.6 is 15.9 Å². The highest BCUT2D eigenvalue weighted by Gasteiger charge is 2.21. The first kappa shape index (κ1) is 11.9. The van der Waals surface area contributed by atoms with Gasteiger partial charge >= 0.3 is 0 Å². The first-order valence-corrected chi connectivity index (χ1v) is 6.49. The predicted molar refractivity (Wildman–Crippen MR) is 70.9 cm³/mol. The summed E-state index contributed by atoms with van der Waals surface area (Å²) >= 11 is 3.41.